The molecule has 3 nitrogen and oxygen atoms in total. The van der Waals surface area contributed by atoms with Gasteiger partial charge in [0, 0.05) is 19.6 Å². The normalized spacial score (nSPS) is 10.2. The number of hydrogen-bond acceptors (Lipinski definition) is 1. The molecule has 0 radical (unpaired) electrons. The second-order valence-corrected chi connectivity index (χ2v) is 4.28. The fourth-order valence-corrected chi connectivity index (χ4v) is 1.71. The van der Waals surface area contributed by atoms with E-state index in [0.29, 0.717) is 0 Å². The van der Waals surface area contributed by atoms with Crippen molar-refractivity contribution in [2.24, 2.45) is 0 Å². The molecule has 0 aromatic heterocycles. The second kappa shape index (κ2) is 10.8. The second-order valence-electron chi connectivity index (χ2n) is 4.28. The highest BCUT2D eigenvalue weighted by atomic mass is 16.2. The molecule has 0 aliphatic heterocycles. The van der Waals surface area contributed by atoms with Crippen LogP contribution >= 0.6 is 0 Å². The molecule has 0 unspecified atom stereocenters. The lowest BCUT2D eigenvalue weighted by molar-refractivity contribution is 0.197. The van der Waals surface area contributed by atoms with Gasteiger partial charge in [0.15, 0.2) is 0 Å². The van der Waals surface area contributed by atoms with Crippen LogP contribution in [0.2, 0.25) is 0 Å². The predicted molar refractivity (Wildman–Crippen MR) is 69.7 cm³/mol. The maximum absolute atomic E-state index is 11.8. The number of hydrogen-bond donors (Lipinski definition) is 1. The van der Waals surface area contributed by atoms with Crippen molar-refractivity contribution in [1.29, 1.82) is 0 Å². The third-order valence-electron chi connectivity index (χ3n) is 2.58. The predicted octanol–water partition coefficient (Wildman–Crippen LogP) is 3.40. The highest BCUT2D eigenvalue weighted by molar-refractivity contribution is 5.74. The number of carbonyl (C=O) groups is 1. The van der Waals surface area contributed by atoms with Gasteiger partial charge in [0.1, 0.15) is 0 Å². The SMILES string of the molecule is CCCCCCNC(=O)N(CCC)CCC. The highest BCUT2D eigenvalue weighted by Gasteiger charge is 2.09. The Morgan fingerprint density at radius 1 is 0.938 bits per heavy atom. The molecule has 16 heavy (non-hydrogen) atoms. The first kappa shape index (κ1) is 15.3. The van der Waals surface area contributed by atoms with Crippen LogP contribution in [0.3, 0.4) is 0 Å². The van der Waals surface area contributed by atoms with Gasteiger partial charge in [0.25, 0.3) is 0 Å². The fourth-order valence-electron chi connectivity index (χ4n) is 1.71. The van der Waals surface area contributed by atoms with E-state index in [1.165, 1.54) is 19.3 Å². The zero-order chi connectivity index (χ0) is 12.2. The van der Waals surface area contributed by atoms with Gasteiger partial charge in [-0.2, -0.15) is 0 Å². The number of carbonyl (C=O) groups excluding carboxylic acids is 1. The van der Waals surface area contributed by atoms with Crippen LogP contribution in [0.15, 0.2) is 0 Å². The van der Waals surface area contributed by atoms with E-state index >= 15 is 0 Å². The van der Waals surface area contributed by atoms with Crippen molar-refractivity contribution < 1.29 is 4.79 Å². The van der Waals surface area contributed by atoms with E-state index in [0.717, 1.165) is 38.9 Å². The van der Waals surface area contributed by atoms with Crippen molar-refractivity contribution in [2.45, 2.75) is 59.3 Å². The molecular weight excluding hydrogens is 200 g/mol. The van der Waals surface area contributed by atoms with E-state index < -0.39 is 0 Å². The first-order chi connectivity index (χ1) is 7.76. The molecule has 96 valence electrons. The topological polar surface area (TPSA) is 32.3 Å². The summed E-state index contributed by atoms with van der Waals surface area (Å²) in [5.41, 5.74) is 0. The average molecular weight is 228 g/mol. The first-order valence-electron chi connectivity index (χ1n) is 6.79. The summed E-state index contributed by atoms with van der Waals surface area (Å²) >= 11 is 0. The third-order valence-corrected chi connectivity index (χ3v) is 2.58. The molecular formula is C13H28N2O. The zero-order valence-electron chi connectivity index (χ0n) is 11.2. The maximum atomic E-state index is 11.8. The number of rotatable bonds is 9. The highest BCUT2D eigenvalue weighted by Crippen LogP contribution is 1.98. The Bertz CT molecular complexity index is 165. The van der Waals surface area contributed by atoms with Crippen LogP contribution in [-0.2, 0) is 0 Å². The van der Waals surface area contributed by atoms with Crippen LogP contribution < -0.4 is 5.32 Å². The van der Waals surface area contributed by atoms with Gasteiger partial charge in [-0.25, -0.2) is 4.79 Å². The van der Waals surface area contributed by atoms with Crippen molar-refractivity contribution in [3.63, 3.8) is 0 Å². The minimum atomic E-state index is 0.111. The largest absolute Gasteiger partial charge is 0.338 e. The molecule has 0 atom stereocenters. The van der Waals surface area contributed by atoms with Crippen molar-refractivity contribution in [2.75, 3.05) is 19.6 Å². The van der Waals surface area contributed by atoms with Crippen LogP contribution in [0.1, 0.15) is 59.3 Å². The Kier molecular flexibility index (Phi) is 10.3. The van der Waals surface area contributed by atoms with Crippen LogP contribution in [0, 0.1) is 0 Å². The molecule has 0 saturated heterocycles. The molecule has 3 heteroatoms. The van der Waals surface area contributed by atoms with Gasteiger partial charge in [-0.1, -0.05) is 40.0 Å². The summed E-state index contributed by atoms with van der Waals surface area (Å²) in [6, 6.07) is 0.111. The molecule has 0 heterocycles. The molecule has 0 aliphatic carbocycles. The molecule has 0 rings (SSSR count). The van der Waals surface area contributed by atoms with Crippen molar-refractivity contribution >= 4 is 6.03 Å². The fraction of sp³-hybridized carbons (Fsp3) is 0.923. The minimum absolute atomic E-state index is 0.111. The lowest BCUT2D eigenvalue weighted by Crippen LogP contribution is -2.41. The summed E-state index contributed by atoms with van der Waals surface area (Å²) < 4.78 is 0. The zero-order valence-corrected chi connectivity index (χ0v) is 11.2. The number of nitrogens with zero attached hydrogens (tertiary/aromatic N) is 1. The van der Waals surface area contributed by atoms with Gasteiger partial charge in [-0.15, -0.1) is 0 Å². The summed E-state index contributed by atoms with van der Waals surface area (Å²) in [4.78, 5) is 13.7. The summed E-state index contributed by atoms with van der Waals surface area (Å²) in [6.45, 7) is 8.98. The molecule has 0 aliphatic rings. The van der Waals surface area contributed by atoms with Gasteiger partial charge in [-0.3, -0.25) is 0 Å². The van der Waals surface area contributed by atoms with Crippen LogP contribution in [0.5, 0.6) is 0 Å². The maximum Gasteiger partial charge on any atom is 0.317 e. The van der Waals surface area contributed by atoms with Crippen LogP contribution in [0.25, 0.3) is 0 Å². The molecule has 2 amide bonds. The third kappa shape index (κ3) is 7.55. The van der Waals surface area contributed by atoms with Gasteiger partial charge in [-0.05, 0) is 19.3 Å². The molecule has 0 spiro atoms. The van der Waals surface area contributed by atoms with E-state index in [4.69, 9.17) is 0 Å². The van der Waals surface area contributed by atoms with Crippen molar-refractivity contribution in [3.8, 4) is 0 Å². The van der Waals surface area contributed by atoms with E-state index in [-0.39, 0.29) is 6.03 Å². The molecule has 0 bridgehead atoms. The Morgan fingerprint density at radius 2 is 1.56 bits per heavy atom. The Hall–Kier alpha value is -0.730. The molecule has 1 N–H and O–H groups in total. The summed E-state index contributed by atoms with van der Waals surface area (Å²) in [6.07, 6.45) is 6.89. The van der Waals surface area contributed by atoms with E-state index in [2.05, 4.69) is 26.1 Å². The van der Waals surface area contributed by atoms with Crippen molar-refractivity contribution in [1.82, 2.24) is 10.2 Å². The van der Waals surface area contributed by atoms with E-state index in [1.54, 1.807) is 0 Å². The number of unbranched alkanes of at least 4 members (excludes halogenated alkanes) is 3. The summed E-state index contributed by atoms with van der Waals surface area (Å²) in [5, 5.41) is 3.00. The molecule has 0 aromatic carbocycles. The minimum Gasteiger partial charge on any atom is -0.338 e. The number of urea groups is 1. The van der Waals surface area contributed by atoms with Crippen molar-refractivity contribution in [3.05, 3.63) is 0 Å². The molecule has 0 aromatic rings. The van der Waals surface area contributed by atoms with Gasteiger partial charge < -0.3 is 10.2 Å². The van der Waals surface area contributed by atoms with Crippen LogP contribution in [0.4, 0.5) is 4.79 Å². The lowest BCUT2D eigenvalue weighted by Gasteiger charge is -2.21. The van der Waals surface area contributed by atoms with E-state index in [1.807, 2.05) is 4.90 Å². The standard InChI is InChI=1S/C13H28N2O/c1-4-7-8-9-10-14-13(16)15(11-5-2)12-6-3/h4-12H2,1-3H3,(H,14,16). The molecule has 0 fully saturated rings. The van der Waals surface area contributed by atoms with Crippen LogP contribution in [-0.4, -0.2) is 30.6 Å². The average Bonchev–Trinajstić information content (AvgIpc) is 2.28. The Balaban J connectivity index is 3.65. The van der Waals surface area contributed by atoms with Gasteiger partial charge >= 0.3 is 6.03 Å². The number of nitrogens with one attached hydrogen (secondary N) is 1. The van der Waals surface area contributed by atoms with Gasteiger partial charge in [0.2, 0.25) is 0 Å². The lowest BCUT2D eigenvalue weighted by atomic mass is 10.2. The smallest absolute Gasteiger partial charge is 0.317 e. The Morgan fingerprint density at radius 3 is 2.06 bits per heavy atom. The summed E-state index contributed by atoms with van der Waals surface area (Å²) in [5.74, 6) is 0. The Labute approximate surface area is 101 Å². The number of amides is 2. The quantitative estimate of drug-likeness (QED) is 0.603. The molecule has 0 saturated carbocycles. The summed E-state index contributed by atoms with van der Waals surface area (Å²) in [7, 11) is 0. The van der Waals surface area contributed by atoms with E-state index in [9.17, 15) is 4.79 Å². The first-order valence-corrected chi connectivity index (χ1v) is 6.79. The van der Waals surface area contributed by atoms with Gasteiger partial charge in [0.05, 0.1) is 0 Å². The monoisotopic (exact) mass is 228 g/mol.